The van der Waals surface area contributed by atoms with Crippen molar-refractivity contribution in [1.82, 2.24) is 15.1 Å². The summed E-state index contributed by atoms with van der Waals surface area (Å²) in [5.74, 6) is 0.686. The minimum Gasteiger partial charge on any atom is -0.312 e. The molecule has 1 aromatic heterocycles. The van der Waals surface area contributed by atoms with Crippen LogP contribution in [0, 0.1) is 19.8 Å². The van der Waals surface area contributed by atoms with Gasteiger partial charge in [-0.25, -0.2) is 0 Å². The quantitative estimate of drug-likeness (QED) is 0.805. The molecule has 3 nitrogen and oxygen atoms in total. The number of nitrogens with one attached hydrogen (secondary N) is 1. The number of rotatable bonds is 5. The molecule has 86 valence electrons. The third kappa shape index (κ3) is 3.67. The van der Waals surface area contributed by atoms with E-state index in [1.54, 1.807) is 0 Å². The molecule has 1 atom stereocenters. The molecule has 3 heteroatoms. The minimum atomic E-state index is 0.571. The molecule has 1 N–H and O–H groups in total. The fourth-order valence-corrected chi connectivity index (χ4v) is 1.54. The van der Waals surface area contributed by atoms with E-state index in [-0.39, 0.29) is 0 Å². The van der Waals surface area contributed by atoms with Crippen molar-refractivity contribution in [2.45, 2.75) is 47.2 Å². The second kappa shape index (κ2) is 5.31. The molecule has 0 aliphatic rings. The Bertz CT molecular complexity index is 302. The maximum atomic E-state index is 4.43. The first kappa shape index (κ1) is 12.2. The van der Waals surface area contributed by atoms with Crippen molar-refractivity contribution in [3.8, 4) is 0 Å². The van der Waals surface area contributed by atoms with Crippen molar-refractivity contribution >= 4 is 0 Å². The predicted molar refractivity (Wildman–Crippen MR) is 64.0 cm³/mol. The molecule has 0 radical (unpaired) electrons. The molecule has 1 unspecified atom stereocenters. The zero-order valence-corrected chi connectivity index (χ0v) is 10.5. The van der Waals surface area contributed by atoms with Crippen LogP contribution >= 0.6 is 0 Å². The van der Waals surface area contributed by atoms with E-state index in [9.17, 15) is 0 Å². The highest BCUT2D eigenvalue weighted by Gasteiger charge is 2.06. The van der Waals surface area contributed by atoms with Crippen LogP contribution in [-0.4, -0.2) is 22.4 Å². The molecule has 0 aliphatic heterocycles. The third-order valence-corrected chi connectivity index (χ3v) is 2.89. The maximum Gasteiger partial charge on any atom is 0.0596 e. The van der Waals surface area contributed by atoms with Gasteiger partial charge in [-0.2, -0.15) is 5.10 Å². The second-order valence-electron chi connectivity index (χ2n) is 4.64. The van der Waals surface area contributed by atoms with E-state index < -0.39 is 0 Å². The third-order valence-electron chi connectivity index (χ3n) is 2.89. The lowest BCUT2D eigenvalue weighted by molar-refractivity contribution is 0.409. The molecule has 0 aromatic carbocycles. The van der Waals surface area contributed by atoms with Crippen LogP contribution in [0.25, 0.3) is 0 Å². The number of aromatic nitrogens is 2. The molecule has 0 bridgehead atoms. The zero-order chi connectivity index (χ0) is 11.4. The Kier molecular flexibility index (Phi) is 4.33. The SMILES string of the molecule is Cc1cc(C)n(CCNC(C)C(C)C)n1. The summed E-state index contributed by atoms with van der Waals surface area (Å²) in [6.07, 6.45) is 0. The van der Waals surface area contributed by atoms with Crippen LogP contribution in [-0.2, 0) is 6.54 Å². The Morgan fingerprint density at radius 1 is 1.33 bits per heavy atom. The maximum absolute atomic E-state index is 4.43. The molecular formula is C12H23N3. The van der Waals surface area contributed by atoms with Gasteiger partial charge in [0.1, 0.15) is 0 Å². The zero-order valence-electron chi connectivity index (χ0n) is 10.5. The van der Waals surface area contributed by atoms with Gasteiger partial charge in [-0.3, -0.25) is 4.68 Å². The number of hydrogen-bond donors (Lipinski definition) is 1. The first-order chi connectivity index (χ1) is 7.00. The fraction of sp³-hybridized carbons (Fsp3) is 0.750. The van der Waals surface area contributed by atoms with E-state index >= 15 is 0 Å². The summed E-state index contributed by atoms with van der Waals surface area (Å²) >= 11 is 0. The van der Waals surface area contributed by atoms with E-state index in [2.05, 4.69) is 48.9 Å². The van der Waals surface area contributed by atoms with Crippen molar-refractivity contribution < 1.29 is 0 Å². The van der Waals surface area contributed by atoms with Gasteiger partial charge in [0, 0.05) is 18.3 Å². The Balaban J connectivity index is 2.35. The van der Waals surface area contributed by atoms with Crippen molar-refractivity contribution in [2.24, 2.45) is 5.92 Å². The molecular weight excluding hydrogens is 186 g/mol. The van der Waals surface area contributed by atoms with Gasteiger partial charge in [-0.15, -0.1) is 0 Å². The van der Waals surface area contributed by atoms with Gasteiger partial charge in [0.25, 0.3) is 0 Å². The lowest BCUT2D eigenvalue weighted by atomic mass is 10.1. The van der Waals surface area contributed by atoms with Crippen molar-refractivity contribution in [3.05, 3.63) is 17.5 Å². The molecule has 0 spiro atoms. The monoisotopic (exact) mass is 209 g/mol. The summed E-state index contributed by atoms with van der Waals surface area (Å²) in [6.45, 7) is 12.8. The van der Waals surface area contributed by atoms with Gasteiger partial charge in [-0.1, -0.05) is 13.8 Å². The molecule has 0 aliphatic carbocycles. The lowest BCUT2D eigenvalue weighted by Crippen LogP contribution is -2.33. The summed E-state index contributed by atoms with van der Waals surface area (Å²) in [6, 6.07) is 2.69. The van der Waals surface area contributed by atoms with Crippen molar-refractivity contribution in [3.63, 3.8) is 0 Å². The molecule has 1 aromatic rings. The van der Waals surface area contributed by atoms with E-state index in [0.717, 1.165) is 18.8 Å². The molecule has 0 fully saturated rings. The standard InChI is InChI=1S/C12H23N3/c1-9(2)12(5)13-6-7-15-11(4)8-10(3)14-15/h8-9,12-13H,6-7H2,1-5H3. The van der Waals surface area contributed by atoms with Crippen LogP contribution < -0.4 is 5.32 Å². The topological polar surface area (TPSA) is 29.9 Å². The van der Waals surface area contributed by atoms with Crippen LogP contribution in [0.5, 0.6) is 0 Å². The summed E-state index contributed by atoms with van der Waals surface area (Å²) < 4.78 is 2.06. The summed E-state index contributed by atoms with van der Waals surface area (Å²) in [7, 11) is 0. The Morgan fingerprint density at radius 3 is 2.47 bits per heavy atom. The molecule has 0 amide bonds. The Morgan fingerprint density at radius 2 is 2.00 bits per heavy atom. The highest BCUT2D eigenvalue weighted by atomic mass is 15.3. The van der Waals surface area contributed by atoms with Gasteiger partial charge in [0.15, 0.2) is 0 Å². The van der Waals surface area contributed by atoms with E-state index in [4.69, 9.17) is 0 Å². The number of nitrogens with zero attached hydrogens (tertiary/aromatic N) is 2. The first-order valence-corrected chi connectivity index (χ1v) is 5.75. The first-order valence-electron chi connectivity index (χ1n) is 5.75. The number of hydrogen-bond acceptors (Lipinski definition) is 2. The lowest BCUT2D eigenvalue weighted by Gasteiger charge is -2.17. The van der Waals surface area contributed by atoms with Crippen molar-refractivity contribution in [1.29, 1.82) is 0 Å². The van der Waals surface area contributed by atoms with Crippen molar-refractivity contribution in [2.75, 3.05) is 6.54 Å². The van der Waals surface area contributed by atoms with Gasteiger partial charge in [0.2, 0.25) is 0 Å². The predicted octanol–water partition coefficient (Wildman–Crippen LogP) is 2.13. The fourth-order valence-electron chi connectivity index (χ4n) is 1.54. The summed E-state index contributed by atoms with van der Waals surface area (Å²) in [5.41, 5.74) is 2.34. The van der Waals surface area contributed by atoms with Crippen LogP contribution in [0.1, 0.15) is 32.2 Å². The highest BCUT2D eigenvalue weighted by Crippen LogP contribution is 2.02. The Labute approximate surface area is 92.9 Å². The molecule has 0 saturated carbocycles. The van der Waals surface area contributed by atoms with E-state index in [1.165, 1.54) is 5.69 Å². The molecule has 15 heavy (non-hydrogen) atoms. The largest absolute Gasteiger partial charge is 0.312 e. The smallest absolute Gasteiger partial charge is 0.0596 e. The van der Waals surface area contributed by atoms with Gasteiger partial charge < -0.3 is 5.32 Å². The normalized spacial score (nSPS) is 13.5. The summed E-state index contributed by atoms with van der Waals surface area (Å²) in [4.78, 5) is 0. The molecule has 1 heterocycles. The number of aryl methyl sites for hydroxylation is 2. The minimum absolute atomic E-state index is 0.571. The van der Waals surface area contributed by atoms with Crippen LogP contribution in [0.3, 0.4) is 0 Å². The van der Waals surface area contributed by atoms with Gasteiger partial charge in [0.05, 0.1) is 12.2 Å². The Hall–Kier alpha value is -0.830. The van der Waals surface area contributed by atoms with Crippen LogP contribution in [0.15, 0.2) is 6.07 Å². The second-order valence-corrected chi connectivity index (χ2v) is 4.64. The highest BCUT2D eigenvalue weighted by molar-refractivity contribution is 5.06. The summed E-state index contributed by atoms with van der Waals surface area (Å²) in [5, 5.41) is 7.93. The molecule has 1 rings (SSSR count). The molecule has 0 saturated heterocycles. The van der Waals surface area contributed by atoms with E-state index in [0.29, 0.717) is 12.0 Å². The average Bonchev–Trinajstić information content (AvgIpc) is 2.45. The van der Waals surface area contributed by atoms with Crippen LogP contribution in [0.4, 0.5) is 0 Å². The van der Waals surface area contributed by atoms with Gasteiger partial charge in [-0.05, 0) is 32.8 Å². The van der Waals surface area contributed by atoms with Gasteiger partial charge >= 0.3 is 0 Å². The van der Waals surface area contributed by atoms with Crippen LogP contribution in [0.2, 0.25) is 0 Å². The average molecular weight is 209 g/mol. The van der Waals surface area contributed by atoms with E-state index in [1.807, 2.05) is 6.92 Å².